The number of aldehydes is 1. The second kappa shape index (κ2) is 5.24. The summed E-state index contributed by atoms with van der Waals surface area (Å²) in [7, 11) is 0. The second-order valence-corrected chi connectivity index (χ2v) is 2.43. The molecule has 0 atom stereocenters. The van der Waals surface area contributed by atoms with Gasteiger partial charge in [-0.05, 0) is 12.1 Å². The lowest BCUT2D eigenvalue weighted by molar-refractivity contribution is 0.111. The number of pyridine rings is 1. The predicted octanol–water partition coefficient (Wildman–Crippen LogP) is 1.63. The summed E-state index contributed by atoms with van der Waals surface area (Å²) in [6.07, 6.45) is 2.47. The van der Waals surface area contributed by atoms with Crippen LogP contribution in [-0.2, 0) is 0 Å². The Morgan fingerprint density at radius 3 is 2.92 bits per heavy atom. The average molecular weight is 183 g/mol. The maximum atomic E-state index is 11.7. The molecule has 0 N–H and O–H groups in total. The van der Waals surface area contributed by atoms with E-state index in [0.717, 1.165) is 0 Å². The fraction of sp³-hybridized carbons (Fsp3) is 0.333. The van der Waals surface area contributed by atoms with Crippen molar-refractivity contribution in [3.63, 3.8) is 0 Å². The van der Waals surface area contributed by atoms with E-state index in [1.807, 2.05) is 0 Å². The molecule has 0 radical (unpaired) electrons. The van der Waals surface area contributed by atoms with Gasteiger partial charge in [0.1, 0.15) is 11.4 Å². The molecule has 70 valence electrons. The minimum atomic E-state index is -0.389. The van der Waals surface area contributed by atoms with E-state index in [-0.39, 0.29) is 6.67 Å². The third kappa shape index (κ3) is 3.19. The van der Waals surface area contributed by atoms with Crippen LogP contribution in [0.15, 0.2) is 18.3 Å². The lowest BCUT2D eigenvalue weighted by Crippen LogP contribution is -1.98. The van der Waals surface area contributed by atoms with Crippen LogP contribution >= 0.6 is 0 Å². The van der Waals surface area contributed by atoms with Crippen LogP contribution in [-0.4, -0.2) is 24.6 Å². The average Bonchev–Trinajstić information content (AvgIpc) is 2.19. The quantitative estimate of drug-likeness (QED) is 0.514. The molecule has 13 heavy (non-hydrogen) atoms. The van der Waals surface area contributed by atoms with E-state index >= 15 is 0 Å². The van der Waals surface area contributed by atoms with E-state index in [1.54, 1.807) is 12.1 Å². The summed E-state index contributed by atoms with van der Waals surface area (Å²) in [5.41, 5.74) is 0.359. The highest BCUT2D eigenvalue weighted by Crippen LogP contribution is 2.08. The maximum absolute atomic E-state index is 11.7. The largest absolute Gasteiger partial charge is 0.492 e. The summed E-state index contributed by atoms with van der Waals surface area (Å²) in [5, 5.41) is 0. The van der Waals surface area contributed by atoms with Gasteiger partial charge in [-0.3, -0.25) is 9.18 Å². The van der Waals surface area contributed by atoms with Crippen molar-refractivity contribution >= 4 is 6.29 Å². The van der Waals surface area contributed by atoms with Gasteiger partial charge in [0.15, 0.2) is 6.29 Å². The Hall–Kier alpha value is -1.45. The summed E-state index contributed by atoms with van der Waals surface area (Å²) in [6, 6.07) is 3.19. The Labute approximate surface area is 75.6 Å². The van der Waals surface area contributed by atoms with Gasteiger partial charge in [-0.25, -0.2) is 4.98 Å². The van der Waals surface area contributed by atoms with Crippen LogP contribution in [0.4, 0.5) is 4.39 Å². The lowest BCUT2D eigenvalue weighted by Gasteiger charge is -2.02. The number of aromatic nitrogens is 1. The Balaban J connectivity index is 2.44. The fourth-order valence-electron chi connectivity index (χ4n) is 0.791. The van der Waals surface area contributed by atoms with Crippen molar-refractivity contribution in [3.8, 4) is 5.75 Å². The van der Waals surface area contributed by atoms with Crippen LogP contribution in [0.2, 0.25) is 0 Å². The van der Waals surface area contributed by atoms with E-state index in [4.69, 9.17) is 4.74 Å². The molecule has 1 aromatic heterocycles. The molecule has 0 saturated carbocycles. The maximum Gasteiger partial charge on any atom is 0.168 e. The number of halogens is 1. The van der Waals surface area contributed by atoms with E-state index in [1.165, 1.54) is 6.20 Å². The van der Waals surface area contributed by atoms with Crippen LogP contribution in [0.5, 0.6) is 5.75 Å². The monoisotopic (exact) mass is 183 g/mol. The summed E-state index contributed by atoms with van der Waals surface area (Å²) in [6.45, 7) is -0.0571. The molecule has 1 heterocycles. The van der Waals surface area contributed by atoms with Crippen molar-refractivity contribution in [2.45, 2.75) is 6.42 Å². The van der Waals surface area contributed by atoms with Crippen molar-refractivity contribution in [2.75, 3.05) is 13.3 Å². The van der Waals surface area contributed by atoms with Gasteiger partial charge in [0.25, 0.3) is 0 Å². The van der Waals surface area contributed by atoms with Gasteiger partial charge in [-0.2, -0.15) is 0 Å². The van der Waals surface area contributed by atoms with Gasteiger partial charge in [-0.15, -0.1) is 0 Å². The molecule has 0 fully saturated rings. The number of hydrogen-bond acceptors (Lipinski definition) is 3. The summed E-state index contributed by atoms with van der Waals surface area (Å²) in [4.78, 5) is 14.0. The van der Waals surface area contributed by atoms with Gasteiger partial charge >= 0.3 is 0 Å². The van der Waals surface area contributed by atoms with E-state index in [0.29, 0.717) is 30.8 Å². The topological polar surface area (TPSA) is 39.2 Å². The minimum absolute atomic E-state index is 0.332. The molecule has 0 unspecified atom stereocenters. The van der Waals surface area contributed by atoms with Gasteiger partial charge in [-0.1, -0.05) is 0 Å². The molecule has 0 bridgehead atoms. The first-order valence-corrected chi connectivity index (χ1v) is 3.97. The van der Waals surface area contributed by atoms with Crippen molar-refractivity contribution in [2.24, 2.45) is 0 Å². The molecule has 4 heteroatoms. The molecule has 1 rings (SSSR count). The summed E-state index contributed by atoms with van der Waals surface area (Å²) in [5.74, 6) is 0.555. The van der Waals surface area contributed by atoms with Crippen molar-refractivity contribution in [1.29, 1.82) is 0 Å². The number of nitrogens with zero attached hydrogens (tertiary/aromatic N) is 1. The zero-order chi connectivity index (χ0) is 9.52. The van der Waals surface area contributed by atoms with Crippen LogP contribution in [0.25, 0.3) is 0 Å². The van der Waals surface area contributed by atoms with E-state index < -0.39 is 0 Å². The number of ether oxygens (including phenoxy) is 1. The molecule has 0 aromatic carbocycles. The Morgan fingerprint density at radius 1 is 1.54 bits per heavy atom. The third-order valence-corrected chi connectivity index (χ3v) is 1.43. The van der Waals surface area contributed by atoms with Crippen molar-refractivity contribution in [3.05, 3.63) is 24.0 Å². The van der Waals surface area contributed by atoms with Crippen LogP contribution < -0.4 is 4.74 Å². The first kappa shape index (κ1) is 9.64. The van der Waals surface area contributed by atoms with Crippen molar-refractivity contribution < 1.29 is 13.9 Å². The Bertz CT molecular complexity index is 261. The van der Waals surface area contributed by atoms with Crippen LogP contribution in [0, 0.1) is 0 Å². The highest BCUT2D eigenvalue weighted by molar-refractivity contribution is 5.71. The third-order valence-electron chi connectivity index (χ3n) is 1.43. The SMILES string of the molecule is O=Cc1ccc(OCCCF)cn1. The smallest absolute Gasteiger partial charge is 0.168 e. The Kier molecular flexibility index (Phi) is 3.88. The lowest BCUT2D eigenvalue weighted by atomic mass is 10.4. The molecule has 0 aliphatic carbocycles. The molecule has 1 aromatic rings. The summed E-state index contributed by atoms with van der Waals surface area (Å²) >= 11 is 0. The van der Waals surface area contributed by atoms with Gasteiger partial charge in [0.2, 0.25) is 0 Å². The van der Waals surface area contributed by atoms with Crippen LogP contribution in [0.3, 0.4) is 0 Å². The summed E-state index contributed by atoms with van der Waals surface area (Å²) < 4.78 is 16.8. The number of carbonyl (C=O) groups excluding carboxylic acids is 1. The molecular weight excluding hydrogens is 173 g/mol. The number of carbonyl (C=O) groups is 1. The molecular formula is C9H10FNO2. The normalized spacial score (nSPS) is 9.62. The van der Waals surface area contributed by atoms with E-state index in [2.05, 4.69) is 4.98 Å². The fourth-order valence-corrected chi connectivity index (χ4v) is 0.791. The van der Waals surface area contributed by atoms with Gasteiger partial charge < -0.3 is 4.74 Å². The zero-order valence-electron chi connectivity index (χ0n) is 7.07. The van der Waals surface area contributed by atoms with Gasteiger partial charge in [0, 0.05) is 6.42 Å². The van der Waals surface area contributed by atoms with Crippen LogP contribution in [0.1, 0.15) is 16.9 Å². The second-order valence-electron chi connectivity index (χ2n) is 2.43. The first-order chi connectivity index (χ1) is 6.36. The van der Waals surface area contributed by atoms with Crippen molar-refractivity contribution in [1.82, 2.24) is 4.98 Å². The zero-order valence-corrected chi connectivity index (χ0v) is 7.07. The molecule has 3 nitrogen and oxygen atoms in total. The predicted molar refractivity (Wildman–Crippen MR) is 45.7 cm³/mol. The standard InChI is InChI=1S/C9H10FNO2/c10-4-1-5-13-9-3-2-8(7-12)11-6-9/h2-3,6-7H,1,4-5H2. The Morgan fingerprint density at radius 2 is 2.38 bits per heavy atom. The number of rotatable bonds is 5. The number of hydrogen-bond donors (Lipinski definition) is 0. The first-order valence-electron chi connectivity index (χ1n) is 3.97. The number of alkyl halides is 1. The molecule has 0 amide bonds. The molecule has 0 saturated heterocycles. The van der Waals surface area contributed by atoms with E-state index in [9.17, 15) is 9.18 Å². The van der Waals surface area contributed by atoms with Gasteiger partial charge in [0.05, 0.1) is 19.5 Å². The highest BCUT2D eigenvalue weighted by Gasteiger charge is 1.94. The molecule has 0 aliphatic heterocycles. The highest BCUT2D eigenvalue weighted by atomic mass is 19.1. The molecule has 0 aliphatic rings. The minimum Gasteiger partial charge on any atom is -0.492 e. The molecule has 0 spiro atoms.